The average molecular weight is 489 g/mol. The lowest BCUT2D eigenvalue weighted by molar-refractivity contribution is -0.00734. The van der Waals surface area contributed by atoms with E-state index in [1.54, 1.807) is 19.1 Å². The van der Waals surface area contributed by atoms with E-state index in [2.05, 4.69) is 22.7 Å². The summed E-state index contributed by atoms with van der Waals surface area (Å²) in [5.74, 6) is -1.69. The molecule has 1 heterocycles. The van der Waals surface area contributed by atoms with Crippen LogP contribution in [-0.2, 0) is 12.1 Å². The lowest BCUT2D eigenvalue weighted by Crippen LogP contribution is -2.53. The summed E-state index contributed by atoms with van der Waals surface area (Å²) in [7, 11) is 0. The van der Waals surface area contributed by atoms with E-state index in [0.29, 0.717) is 16.8 Å². The van der Waals surface area contributed by atoms with Gasteiger partial charge in [-0.2, -0.15) is 5.10 Å². The number of rotatable bonds is 6. The number of anilines is 1. The van der Waals surface area contributed by atoms with Gasteiger partial charge in [0.2, 0.25) is 0 Å². The molecule has 5 nitrogen and oxygen atoms in total. The lowest BCUT2D eigenvalue weighted by Gasteiger charge is -2.42. The predicted molar refractivity (Wildman–Crippen MR) is 120 cm³/mol. The topological polar surface area (TPSA) is 54.2 Å². The van der Waals surface area contributed by atoms with Gasteiger partial charge in [-0.1, -0.05) is 41.5 Å². The number of thiol groups is 1. The third-order valence-corrected chi connectivity index (χ3v) is 5.67. The first kappa shape index (κ1) is 22.9. The summed E-state index contributed by atoms with van der Waals surface area (Å²) in [5.41, 5.74) is -1.67. The summed E-state index contributed by atoms with van der Waals surface area (Å²) >= 11 is 21.9. The fraction of sp³-hybridized carbons (Fsp3) is 0.211. The average Bonchev–Trinajstić information content (AvgIpc) is 3.16. The molecule has 0 aliphatic carbocycles. The van der Waals surface area contributed by atoms with Gasteiger partial charge in [0, 0.05) is 16.7 Å². The molecule has 0 unspecified atom stereocenters. The third-order valence-electron chi connectivity index (χ3n) is 4.72. The van der Waals surface area contributed by atoms with E-state index in [9.17, 15) is 13.9 Å². The number of halogens is 4. The fourth-order valence-electron chi connectivity index (χ4n) is 3.21. The van der Waals surface area contributed by atoms with Crippen LogP contribution in [0.25, 0.3) is 0 Å². The Morgan fingerprint density at radius 3 is 2.60 bits per heavy atom. The van der Waals surface area contributed by atoms with Crippen LogP contribution in [0.15, 0.2) is 49.1 Å². The van der Waals surface area contributed by atoms with Gasteiger partial charge in [0.25, 0.3) is 0 Å². The minimum absolute atomic E-state index is 0.0752. The molecule has 3 aromatic rings. The number of aromatic nitrogens is 3. The highest BCUT2D eigenvalue weighted by Gasteiger charge is 2.43. The van der Waals surface area contributed by atoms with E-state index in [4.69, 9.17) is 35.4 Å². The highest BCUT2D eigenvalue weighted by Crippen LogP contribution is 2.38. The second-order valence-corrected chi connectivity index (χ2v) is 8.52. The molecule has 0 aliphatic rings. The molecule has 0 radical (unpaired) electrons. The quantitative estimate of drug-likeness (QED) is 0.383. The Balaban J connectivity index is 2.16. The highest BCUT2D eigenvalue weighted by molar-refractivity contribution is 8.11. The first-order valence-corrected chi connectivity index (χ1v) is 10.2. The second-order valence-electron chi connectivity index (χ2n) is 6.57. The Hall–Kier alpha value is -1.78. The van der Waals surface area contributed by atoms with Crippen molar-refractivity contribution in [3.8, 4) is 0 Å². The molecule has 0 spiro atoms. The number of thiocarbonyl (C=S) groups is 1. The molecule has 1 N–H and O–H groups in total. The number of benzene rings is 2. The molecular weight excluding hydrogens is 473 g/mol. The zero-order valence-corrected chi connectivity index (χ0v) is 18.7. The molecule has 2 aromatic carbocycles. The molecule has 11 heteroatoms. The molecule has 0 aliphatic heterocycles. The van der Waals surface area contributed by atoms with Crippen molar-refractivity contribution in [2.45, 2.75) is 25.1 Å². The zero-order chi connectivity index (χ0) is 22.1. The van der Waals surface area contributed by atoms with Crippen molar-refractivity contribution in [1.82, 2.24) is 14.8 Å². The maximum absolute atomic E-state index is 14.8. The van der Waals surface area contributed by atoms with Gasteiger partial charge in [0.1, 0.15) is 34.2 Å². The predicted octanol–water partition coefficient (Wildman–Crippen LogP) is 4.86. The van der Waals surface area contributed by atoms with Crippen LogP contribution in [0.1, 0.15) is 12.5 Å². The normalized spacial score (nSPS) is 14.2. The summed E-state index contributed by atoms with van der Waals surface area (Å²) in [6, 6.07) is 6.76. The Morgan fingerprint density at radius 1 is 1.30 bits per heavy atom. The van der Waals surface area contributed by atoms with Crippen molar-refractivity contribution in [2.75, 3.05) is 4.90 Å². The minimum atomic E-state index is -1.93. The summed E-state index contributed by atoms with van der Waals surface area (Å²) < 4.78 is 29.7. The SMILES string of the molecule is C[C@@H](N(C(=S)S)c1ccc(Cl)cc1Cl)[C@](O)(Cn1cncn1)c1ccc(F)cc1F. The van der Waals surface area contributed by atoms with Crippen molar-refractivity contribution in [3.05, 3.63) is 76.3 Å². The van der Waals surface area contributed by atoms with Crippen LogP contribution >= 0.6 is 48.0 Å². The molecule has 0 saturated carbocycles. The van der Waals surface area contributed by atoms with E-state index in [-0.39, 0.29) is 21.5 Å². The maximum atomic E-state index is 14.8. The Morgan fingerprint density at radius 2 is 2.03 bits per heavy atom. The molecular formula is C19H16Cl2F2N4OS2. The Bertz CT molecular complexity index is 1070. The molecule has 30 heavy (non-hydrogen) atoms. The molecule has 1 aromatic heterocycles. The van der Waals surface area contributed by atoms with Crippen LogP contribution in [-0.4, -0.2) is 30.2 Å². The van der Waals surface area contributed by atoms with Crippen LogP contribution in [0, 0.1) is 11.6 Å². The molecule has 0 amide bonds. The maximum Gasteiger partial charge on any atom is 0.138 e. The van der Waals surface area contributed by atoms with E-state index < -0.39 is 23.3 Å². The number of nitrogens with zero attached hydrogens (tertiary/aromatic N) is 4. The summed E-state index contributed by atoms with van der Waals surface area (Å²) in [6.45, 7) is 1.42. The van der Waals surface area contributed by atoms with Crippen molar-refractivity contribution >= 4 is 58.1 Å². The van der Waals surface area contributed by atoms with Crippen LogP contribution in [0.3, 0.4) is 0 Å². The van der Waals surface area contributed by atoms with Gasteiger partial charge < -0.3 is 10.0 Å². The molecule has 158 valence electrons. The van der Waals surface area contributed by atoms with Crippen LogP contribution in [0.2, 0.25) is 10.0 Å². The van der Waals surface area contributed by atoms with Crippen molar-refractivity contribution in [1.29, 1.82) is 0 Å². The highest BCUT2D eigenvalue weighted by atomic mass is 35.5. The van der Waals surface area contributed by atoms with Gasteiger partial charge in [-0.3, -0.25) is 0 Å². The third kappa shape index (κ3) is 4.60. The first-order valence-electron chi connectivity index (χ1n) is 8.61. The standard InChI is InChI=1S/C19H16Cl2F2N4OS2/c1-11(27(18(29)30)17-5-2-12(20)6-15(17)21)19(28,8-26-10-24-9-25-26)14-4-3-13(22)7-16(14)23/h2-7,9-11,28H,8H2,1H3,(H,29,30)/t11-,19-/m1/s1. The zero-order valence-electron chi connectivity index (χ0n) is 15.5. The van der Waals surface area contributed by atoms with Gasteiger partial charge in [-0.15, -0.1) is 12.6 Å². The first-order chi connectivity index (χ1) is 14.1. The van der Waals surface area contributed by atoms with Crippen molar-refractivity contribution in [3.63, 3.8) is 0 Å². The van der Waals surface area contributed by atoms with Crippen LogP contribution < -0.4 is 4.90 Å². The van der Waals surface area contributed by atoms with E-state index in [1.807, 2.05) is 0 Å². The van der Waals surface area contributed by atoms with Gasteiger partial charge in [0.15, 0.2) is 0 Å². The van der Waals surface area contributed by atoms with Crippen molar-refractivity contribution in [2.24, 2.45) is 0 Å². The molecule has 2 atom stereocenters. The lowest BCUT2D eigenvalue weighted by atomic mass is 9.85. The van der Waals surface area contributed by atoms with Crippen LogP contribution in [0.4, 0.5) is 14.5 Å². The van der Waals surface area contributed by atoms with Crippen molar-refractivity contribution < 1.29 is 13.9 Å². The smallest absolute Gasteiger partial charge is 0.138 e. The van der Waals surface area contributed by atoms with Crippen LogP contribution in [0.5, 0.6) is 0 Å². The summed E-state index contributed by atoms with van der Waals surface area (Å²) in [4.78, 5) is 5.32. The van der Waals surface area contributed by atoms with Gasteiger partial charge >= 0.3 is 0 Å². The molecule has 0 saturated heterocycles. The van der Waals surface area contributed by atoms with E-state index in [1.165, 1.54) is 34.4 Å². The monoisotopic (exact) mass is 488 g/mol. The van der Waals surface area contributed by atoms with Gasteiger partial charge in [0.05, 0.1) is 23.3 Å². The largest absolute Gasteiger partial charge is 0.381 e. The van der Waals surface area contributed by atoms with E-state index in [0.717, 1.165) is 6.07 Å². The Labute approximate surface area is 192 Å². The number of hydrogen-bond acceptors (Lipinski definition) is 4. The molecule has 3 rings (SSSR count). The van der Waals surface area contributed by atoms with Gasteiger partial charge in [-0.25, -0.2) is 18.4 Å². The van der Waals surface area contributed by atoms with Gasteiger partial charge in [-0.05, 0) is 31.2 Å². The summed E-state index contributed by atoms with van der Waals surface area (Å²) in [5, 5.41) is 16.4. The second kappa shape index (κ2) is 9.15. The minimum Gasteiger partial charge on any atom is -0.381 e. The summed E-state index contributed by atoms with van der Waals surface area (Å²) in [6.07, 6.45) is 2.65. The number of aliphatic hydroxyl groups is 1. The molecule has 0 bridgehead atoms. The van der Waals surface area contributed by atoms with E-state index >= 15 is 0 Å². The fourth-order valence-corrected chi connectivity index (χ4v) is 4.25. The molecule has 0 fully saturated rings. The number of hydrogen-bond donors (Lipinski definition) is 2. The Kier molecular flexibility index (Phi) is 6.98.